The molecule has 0 amide bonds. The number of para-hydroxylation sites is 1. The molecule has 2 aliphatic heterocycles. The van der Waals surface area contributed by atoms with E-state index >= 15 is 0 Å². The van der Waals surface area contributed by atoms with Crippen LogP contribution in [0.3, 0.4) is 0 Å². The van der Waals surface area contributed by atoms with E-state index in [0.29, 0.717) is 6.10 Å². The van der Waals surface area contributed by atoms with Gasteiger partial charge in [0.05, 0.1) is 22.3 Å². The topological polar surface area (TPSA) is 28.6 Å². The first kappa shape index (κ1) is 17.2. The van der Waals surface area contributed by atoms with Crippen LogP contribution in [0.25, 0.3) is 10.9 Å². The first-order chi connectivity index (χ1) is 12.2. The third kappa shape index (κ3) is 3.82. The zero-order valence-electron chi connectivity index (χ0n) is 14.9. The Hall–Kier alpha value is -1.20. The standard InChI is InChI=1S/C20H26ClN3O/c1-15-17-6-2-3-7-18(17)22-19(20(15)21)14-24-10-8-23(9-11-24)13-16-5-4-12-25-16/h2-3,6-7,16H,4-5,8-14H2,1H3/t16-/m0/s1. The van der Waals surface area contributed by atoms with Crippen LogP contribution in [-0.4, -0.2) is 60.2 Å². The molecular formula is C20H26ClN3O. The Morgan fingerprint density at radius 3 is 2.68 bits per heavy atom. The van der Waals surface area contributed by atoms with Gasteiger partial charge in [0.25, 0.3) is 0 Å². The summed E-state index contributed by atoms with van der Waals surface area (Å²) in [6.07, 6.45) is 2.89. The van der Waals surface area contributed by atoms with Gasteiger partial charge in [-0.1, -0.05) is 29.8 Å². The van der Waals surface area contributed by atoms with Crippen molar-refractivity contribution in [2.45, 2.75) is 32.4 Å². The minimum absolute atomic E-state index is 0.450. The Kier molecular flexibility index (Phi) is 5.23. The predicted octanol–water partition coefficient (Wildman–Crippen LogP) is 3.49. The van der Waals surface area contributed by atoms with Gasteiger partial charge in [0.1, 0.15) is 0 Å². The molecule has 0 aliphatic carbocycles. The van der Waals surface area contributed by atoms with Crippen LogP contribution in [0.4, 0.5) is 0 Å². The first-order valence-corrected chi connectivity index (χ1v) is 9.68. The lowest BCUT2D eigenvalue weighted by Crippen LogP contribution is -2.48. The van der Waals surface area contributed by atoms with E-state index in [0.717, 1.165) is 73.1 Å². The molecule has 25 heavy (non-hydrogen) atoms. The van der Waals surface area contributed by atoms with Crippen LogP contribution in [0.5, 0.6) is 0 Å². The molecule has 1 aromatic heterocycles. The summed E-state index contributed by atoms with van der Waals surface area (Å²) in [7, 11) is 0. The fraction of sp³-hybridized carbons (Fsp3) is 0.550. The Morgan fingerprint density at radius 1 is 1.16 bits per heavy atom. The molecular weight excluding hydrogens is 334 g/mol. The molecule has 4 nitrogen and oxygen atoms in total. The van der Waals surface area contributed by atoms with Gasteiger partial charge >= 0.3 is 0 Å². The van der Waals surface area contributed by atoms with Crippen molar-refractivity contribution in [1.82, 2.24) is 14.8 Å². The van der Waals surface area contributed by atoms with E-state index in [1.807, 2.05) is 12.1 Å². The van der Waals surface area contributed by atoms with Crippen LogP contribution in [0.15, 0.2) is 24.3 Å². The van der Waals surface area contributed by atoms with Crippen LogP contribution in [0.2, 0.25) is 5.02 Å². The highest BCUT2D eigenvalue weighted by atomic mass is 35.5. The van der Waals surface area contributed by atoms with Crippen molar-refractivity contribution in [3.8, 4) is 0 Å². The second-order valence-electron chi connectivity index (χ2n) is 7.23. The van der Waals surface area contributed by atoms with Crippen LogP contribution in [0, 0.1) is 6.92 Å². The summed E-state index contributed by atoms with van der Waals surface area (Å²) in [6, 6.07) is 8.25. The third-order valence-corrected chi connectivity index (χ3v) is 5.97. The van der Waals surface area contributed by atoms with Gasteiger partial charge in [-0.25, -0.2) is 4.98 Å². The van der Waals surface area contributed by atoms with Crippen LogP contribution in [0.1, 0.15) is 24.1 Å². The molecule has 0 N–H and O–H groups in total. The lowest BCUT2D eigenvalue weighted by molar-refractivity contribution is 0.0487. The van der Waals surface area contributed by atoms with Crippen molar-refractivity contribution >= 4 is 22.5 Å². The van der Waals surface area contributed by atoms with Crippen LogP contribution >= 0.6 is 11.6 Å². The number of ether oxygens (including phenoxy) is 1. The molecule has 0 radical (unpaired) electrons. The maximum atomic E-state index is 6.62. The van der Waals surface area contributed by atoms with E-state index in [1.54, 1.807) is 0 Å². The molecule has 2 saturated heterocycles. The quantitative estimate of drug-likeness (QED) is 0.835. The Morgan fingerprint density at radius 2 is 1.92 bits per heavy atom. The minimum atomic E-state index is 0.450. The number of halogens is 1. The SMILES string of the molecule is Cc1c(Cl)c(CN2CCN(C[C@@H]3CCCO3)CC2)nc2ccccc12. The molecule has 0 unspecified atom stereocenters. The molecule has 0 spiro atoms. The van der Waals surface area contributed by atoms with Gasteiger partial charge in [0.15, 0.2) is 0 Å². The van der Waals surface area contributed by atoms with E-state index < -0.39 is 0 Å². The summed E-state index contributed by atoms with van der Waals surface area (Å²) in [5.74, 6) is 0. The zero-order chi connectivity index (χ0) is 17.2. The molecule has 0 saturated carbocycles. The number of benzene rings is 1. The highest BCUT2D eigenvalue weighted by Crippen LogP contribution is 2.28. The Balaban J connectivity index is 1.40. The van der Waals surface area contributed by atoms with Gasteiger partial charge in [0.2, 0.25) is 0 Å². The number of piperazine rings is 1. The molecule has 2 aromatic rings. The van der Waals surface area contributed by atoms with E-state index in [9.17, 15) is 0 Å². The van der Waals surface area contributed by atoms with Gasteiger partial charge in [-0.2, -0.15) is 0 Å². The molecule has 5 heteroatoms. The van der Waals surface area contributed by atoms with Crippen molar-refractivity contribution in [3.63, 3.8) is 0 Å². The number of aromatic nitrogens is 1. The number of hydrogen-bond donors (Lipinski definition) is 0. The summed E-state index contributed by atoms with van der Waals surface area (Å²) in [6.45, 7) is 9.28. The second kappa shape index (κ2) is 7.58. The Labute approximate surface area is 154 Å². The first-order valence-electron chi connectivity index (χ1n) is 9.31. The maximum Gasteiger partial charge on any atom is 0.0740 e. The van der Waals surface area contributed by atoms with Gasteiger partial charge in [-0.3, -0.25) is 9.80 Å². The van der Waals surface area contributed by atoms with Gasteiger partial charge in [0, 0.05) is 51.3 Å². The van der Waals surface area contributed by atoms with E-state index in [2.05, 4.69) is 28.9 Å². The van der Waals surface area contributed by atoms with Crippen molar-refractivity contribution in [3.05, 3.63) is 40.5 Å². The number of pyridine rings is 1. The summed E-state index contributed by atoms with van der Waals surface area (Å²) in [5.41, 5.74) is 3.18. The van der Waals surface area contributed by atoms with Crippen molar-refractivity contribution < 1.29 is 4.74 Å². The highest BCUT2D eigenvalue weighted by Gasteiger charge is 2.23. The fourth-order valence-corrected chi connectivity index (χ4v) is 4.14. The molecule has 1 atom stereocenters. The van der Waals surface area contributed by atoms with Crippen molar-refractivity contribution in [2.24, 2.45) is 0 Å². The van der Waals surface area contributed by atoms with Gasteiger partial charge in [-0.15, -0.1) is 0 Å². The fourth-order valence-electron chi connectivity index (χ4n) is 3.94. The highest BCUT2D eigenvalue weighted by molar-refractivity contribution is 6.32. The summed E-state index contributed by atoms with van der Waals surface area (Å²) in [4.78, 5) is 9.83. The number of nitrogens with zero attached hydrogens (tertiary/aromatic N) is 3. The average molecular weight is 360 g/mol. The lowest BCUT2D eigenvalue weighted by atomic mass is 10.1. The average Bonchev–Trinajstić information content (AvgIpc) is 3.14. The monoisotopic (exact) mass is 359 g/mol. The number of aryl methyl sites for hydroxylation is 1. The van der Waals surface area contributed by atoms with E-state index in [4.69, 9.17) is 21.3 Å². The predicted molar refractivity (Wildman–Crippen MR) is 102 cm³/mol. The second-order valence-corrected chi connectivity index (χ2v) is 7.60. The molecule has 2 aliphatic rings. The number of rotatable bonds is 4. The van der Waals surface area contributed by atoms with Gasteiger partial charge < -0.3 is 4.74 Å². The van der Waals surface area contributed by atoms with Crippen LogP contribution in [-0.2, 0) is 11.3 Å². The van der Waals surface area contributed by atoms with Crippen molar-refractivity contribution in [1.29, 1.82) is 0 Å². The summed E-state index contributed by atoms with van der Waals surface area (Å²) >= 11 is 6.62. The van der Waals surface area contributed by atoms with Gasteiger partial charge in [-0.05, 0) is 31.4 Å². The smallest absolute Gasteiger partial charge is 0.0740 e. The normalized spacial score (nSPS) is 22.7. The minimum Gasteiger partial charge on any atom is -0.377 e. The molecule has 2 fully saturated rings. The van der Waals surface area contributed by atoms with Crippen molar-refractivity contribution in [2.75, 3.05) is 39.3 Å². The third-order valence-electron chi connectivity index (χ3n) is 5.47. The summed E-state index contributed by atoms with van der Waals surface area (Å²) < 4.78 is 5.77. The van der Waals surface area contributed by atoms with E-state index in [-0.39, 0.29) is 0 Å². The number of hydrogen-bond acceptors (Lipinski definition) is 4. The number of fused-ring (bicyclic) bond motifs is 1. The Bertz CT molecular complexity index is 737. The molecule has 1 aromatic carbocycles. The molecule has 0 bridgehead atoms. The zero-order valence-corrected chi connectivity index (χ0v) is 15.6. The van der Waals surface area contributed by atoms with E-state index in [1.165, 1.54) is 12.8 Å². The lowest BCUT2D eigenvalue weighted by Gasteiger charge is -2.35. The van der Waals surface area contributed by atoms with Crippen LogP contribution < -0.4 is 0 Å². The largest absolute Gasteiger partial charge is 0.377 e. The maximum absolute atomic E-state index is 6.62. The molecule has 3 heterocycles. The molecule has 4 rings (SSSR count). The molecule has 134 valence electrons. The summed E-state index contributed by atoms with van der Waals surface area (Å²) in [5, 5.41) is 1.97.